The van der Waals surface area contributed by atoms with Gasteiger partial charge in [0.05, 0.1) is 12.7 Å². The third-order valence-corrected chi connectivity index (χ3v) is 7.20. The van der Waals surface area contributed by atoms with Crippen molar-refractivity contribution in [3.8, 4) is 0 Å². The van der Waals surface area contributed by atoms with Gasteiger partial charge in [0.2, 0.25) is 5.79 Å². The molecule has 4 heterocycles. The van der Waals surface area contributed by atoms with Crippen molar-refractivity contribution in [2.75, 3.05) is 6.61 Å². The van der Waals surface area contributed by atoms with E-state index in [9.17, 15) is 4.79 Å². The number of ether oxygens (including phenoxy) is 3. The predicted molar refractivity (Wildman–Crippen MR) is 97.2 cm³/mol. The van der Waals surface area contributed by atoms with E-state index in [1.165, 1.54) is 12.5 Å². The minimum absolute atomic E-state index is 0.0168. The van der Waals surface area contributed by atoms with Gasteiger partial charge in [-0.1, -0.05) is 19.9 Å². The number of rotatable bonds is 4. The Hall–Kier alpha value is -0.950. The quantitative estimate of drug-likeness (QED) is 0.421. The van der Waals surface area contributed by atoms with E-state index in [0.717, 1.165) is 19.3 Å². The fourth-order valence-corrected chi connectivity index (χ4v) is 5.74. The van der Waals surface area contributed by atoms with E-state index in [4.69, 9.17) is 24.0 Å². The Labute approximate surface area is 161 Å². The second-order valence-corrected chi connectivity index (χ2v) is 8.83. The second kappa shape index (κ2) is 7.14. The van der Waals surface area contributed by atoms with Crippen LogP contribution in [-0.2, 0) is 28.8 Å². The molecule has 1 spiro atoms. The van der Waals surface area contributed by atoms with Gasteiger partial charge >= 0.3 is 5.97 Å². The van der Waals surface area contributed by atoms with E-state index in [2.05, 4.69) is 13.8 Å². The molecule has 0 radical (unpaired) electrons. The Morgan fingerprint density at radius 3 is 2.78 bits per heavy atom. The summed E-state index contributed by atoms with van der Waals surface area (Å²) in [7, 11) is 0. The van der Waals surface area contributed by atoms with Crippen LogP contribution in [0.1, 0.15) is 59.8 Å². The third kappa shape index (κ3) is 3.15. The Kier molecular flexibility index (Phi) is 5.12. The maximum absolute atomic E-state index is 11.6. The van der Waals surface area contributed by atoms with E-state index < -0.39 is 17.7 Å². The highest BCUT2D eigenvalue weighted by Crippen LogP contribution is 2.60. The molecule has 2 bridgehead atoms. The molecule has 0 aromatic heterocycles. The topological polar surface area (TPSA) is 63.2 Å². The summed E-state index contributed by atoms with van der Waals surface area (Å²) in [6.45, 7) is 8.67. The first-order valence-electron chi connectivity index (χ1n) is 10.4. The maximum Gasteiger partial charge on any atom is 0.330 e. The SMILES string of the molecule is CCOC(=O)/C=C/C[C@H]1O[C@@H]2O[C@]3(C)CC[C@H]4[C@H](C)CC[C@@H]([C@H]1C)[C@@]24OO3. The van der Waals surface area contributed by atoms with Gasteiger partial charge in [0, 0.05) is 18.4 Å². The summed E-state index contributed by atoms with van der Waals surface area (Å²) in [5.74, 6) is 0.497. The molecule has 5 aliphatic rings. The van der Waals surface area contributed by atoms with Crippen LogP contribution in [0.5, 0.6) is 0 Å². The minimum Gasteiger partial charge on any atom is -0.463 e. The van der Waals surface area contributed by atoms with E-state index >= 15 is 0 Å². The lowest BCUT2D eigenvalue weighted by Crippen LogP contribution is -2.70. The minimum atomic E-state index is -0.747. The standard InChI is InChI=1S/C21H32O6/c1-5-23-18(22)8-6-7-17-14(3)16-10-9-13(2)15-11-12-20(4)25-19(24-17)21(15,16)27-26-20/h6,8,13-17,19H,5,7,9-12H2,1-4H3/b8-6+/t13-,14-,15+,16+,17-,19-,20+,21-/m1/s1. The van der Waals surface area contributed by atoms with Crippen LogP contribution < -0.4 is 0 Å². The van der Waals surface area contributed by atoms with Crippen LogP contribution >= 0.6 is 0 Å². The molecular formula is C21H32O6. The summed E-state index contributed by atoms with van der Waals surface area (Å²) in [6.07, 6.45) is 7.70. The van der Waals surface area contributed by atoms with Gasteiger partial charge in [-0.3, -0.25) is 0 Å². The summed E-state index contributed by atoms with van der Waals surface area (Å²) < 4.78 is 17.8. The van der Waals surface area contributed by atoms with Gasteiger partial charge in [0.25, 0.3) is 0 Å². The molecule has 152 valence electrons. The van der Waals surface area contributed by atoms with Gasteiger partial charge in [-0.15, -0.1) is 0 Å². The van der Waals surface area contributed by atoms with Crippen LogP contribution in [0.3, 0.4) is 0 Å². The molecule has 0 aromatic rings. The summed E-state index contributed by atoms with van der Waals surface area (Å²) in [5, 5.41) is 0. The first kappa shape index (κ1) is 19.4. The molecule has 1 saturated carbocycles. The lowest BCUT2D eigenvalue weighted by molar-refractivity contribution is -0.571. The van der Waals surface area contributed by atoms with Gasteiger partial charge in [0.1, 0.15) is 0 Å². The van der Waals surface area contributed by atoms with Crippen molar-refractivity contribution in [1.29, 1.82) is 0 Å². The molecule has 1 aliphatic carbocycles. The monoisotopic (exact) mass is 380 g/mol. The molecule has 4 aliphatic heterocycles. The molecule has 27 heavy (non-hydrogen) atoms. The normalized spacial score (nSPS) is 48.9. The Morgan fingerprint density at radius 1 is 1.19 bits per heavy atom. The van der Waals surface area contributed by atoms with E-state index in [1.807, 2.05) is 13.0 Å². The van der Waals surface area contributed by atoms with Gasteiger partial charge < -0.3 is 14.2 Å². The fraction of sp³-hybridized carbons (Fsp3) is 0.857. The number of carbonyl (C=O) groups excluding carboxylic acids is 1. The molecule has 8 atom stereocenters. The van der Waals surface area contributed by atoms with Crippen LogP contribution in [0.4, 0.5) is 0 Å². The maximum atomic E-state index is 11.6. The zero-order chi connectivity index (χ0) is 19.2. The van der Waals surface area contributed by atoms with Crippen LogP contribution in [0.25, 0.3) is 0 Å². The van der Waals surface area contributed by atoms with Gasteiger partial charge in [-0.05, 0) is 57.3 Å². The predicted octanol–water partition coefficient (Wildman–Crippen LogP) is 3.75. The first-order valence-corrected chi connectivity index (χ1v) is 10.4. The Balaban J connectivity index is 1.57. The van der Waals surface area contributed by atoms with Gasteiger partial charge in [-0.2, -0.15) is 0 Å². The molecule has 4 saturated heterocycles. The van der Waals surface area contributed by atoms with Gasteiger partial charge in [0.15, 0.2) is 11.9 Å². The summed E-state index contributed by atoms with van der Waals surface area (Å²) in [5.41, 5.74) is -0.519. The van der Waals surface area contributed by atoms with Crippen LogP contribution in [0.2, 0.25) is 0 Å². The molecule has 0 unspecified atom stereocenters. The van der Waals surface area contributed by atoms with Crippen molar-refractivity contribution >= 4 is 5.97 Å². The Bertz CT molecular complexity index is 605. The van der Waals surface area contributed by atoms with Crippen molar-refractivity contribution in [3.05, 3.63) is 12.2 Å². The molecule has 0 amide bonds. The van der Waals surface area contributed by atoms with Crippen LogP contribution in [-0.4, -0.2) is 36.4 Å². The molecule has 6 heteroatoms. The van der Waals surface area contributed by atoms with Crippen LogP contribution in [0.15, 0.2) is 12.2 Å². The zero-order valence-electron chi connectivity index (χ0n) is 16.8. The van der Waals surface area contributed by atoms with Crippen LogP contribution in [0, 0.1) is 23.7 Å². The molecule has 6 nitrogen and oxygen atoms in total. The molecule has 0 aromatic carbocycles. The second-order valence-electron chi connectivity index (χ2n) is 8.83. The van der Waals surface area contributed by atoms with Crippen molar-refractivity contribution in [1.82, 2.24) is 0 Å². The summed E-state index contributed by atoms with van der Waals surface area (Å²) in [6, 6.07) is 0. The number of carbonyl (C=O) groups is 1. The number of fused-ring (bicyclic) bond motifs is 2. The van der Waals surface area contributed by atoms with E-state index in [1.54, 1.807) is 6.92 Å². The molecule has 5 rings (SSSR count). The average Bonchev–Trinajstić information content (AvgIpc) is 2.85. The van der Waals surface area contributed by atoms with Crippen molar-refractivity contribution < 1.29 is 28.8 Å². The highest BCUT2D eigenvalue weighted by Gasteiger charge is 2.69. The number of hydrogen-bond donors (Lipinski definition) is 0. The number of hydrogen-bond acceptors (Lipinski definition) is 6. The van der Waals surface area contributed by atoms with Crippen molar-refractivity contribution in [2.45, 2.75) is 83.6 Å². The summed E-state index contributed by atoms with van der Waals surface area (Å²) >= 11 is 0. The first-order chi connectivity index (χ1) is 12.9. The molecular weight excluding hydrogens is 348 g/mol. The van der Waals surface area contributed by atoms with Gasteiger partial charge in [-0.25, -0.2) is 14.6 Å². The smallest absolute Gasteiger partial charge is 0.330 e. The largest absolute Gasteiger partial charge is 0.463 e. The third-order valence-electron chi connectivity index (χ3n) is 7.20. The fourth-order valence-electron chi connectivity index (χ4n) is 5.74. The highest BCUT2D eigenvalue weighted by atomic mass is 17.3. The molecule has 5 fully saturated rings. The van der Waals surface area contributed by atoms with E-state index in [0.29, 0.717) is 30.8 Å². The lowest BCUT2D eigenvalue weighted by Gasteiger charge is -2.60. The summed E-state index contributed by atoms with van der Waals surface area (Å²) in [4.78, 5) is 23.5. The van der Waals surface area contributed by atoms with E-state index in [-0.39, 0.29) is 18.0 Å². The zero-order valence-corrected chi connectivity index (χ0v) is 16.8. The molecule has 0 N–H and O–H groups in total. The van der Waals surface area contributed by atoms with Crippen molar-refractivity contribution in [2.24, 2.45) is 23.7 Å². The average molecular weight is 380 g/mol. The highest BCUT2D eigenvalue weighted by molar-refractivity contribution is 5.81. The van der Waals surface area contributed by atoms with Crippen molar-refractivity contribution in [3.63, 3.8) is 0 Å². The number of esters is 1. The lowest BCUT2D eigenvalue weighted by atomic mass is 9.57. The Morgan fingerprint density at radius 2 is 2.00 bits per heavy atom.